The molecule has 1 unspecified atom stereocenters. The second kappa shape index (κ2) is 7.29. The molecule has 2 N–H and O–H groups in total. The van der Waals surface area contributed by atoms with Gasteiger partial charge < -0.3 is 5.32 Å². The smallest absolute Gasteiger partial charge is 0.0889 e. The molecule has 4 nitrogen and oxygen atoms in total. The summed E-state index contributed by atoms with van der Waals surface area (Å²) in [7, 11) is 0. The maximum absolute atomic E-state index is 4.48. The number of nitrogens with one attached hydrogen (secondary N) is 2. The Kier molecular flexibility index (Phi) is 4.93. The molecule has 0 aliphatic carbocycles. The van der Waals surface area contributed by atoms with Gasteiger partial charge in [0.15, 0.2) is 0 Å². The van der Waals surface area contributed by atoms with E-state index in [-0.39, 0.29) is 6.04 Å². The van der Waals surface area contributed by atoms with E-state index in [1.165, 1.54) is 16.5 Å². The van der Waals surface area contributed by atoms with Gasteiger partial charge in [0.25, 0.3) is 0 Å². The zero-order valence-electron chi connectivity index (χ0n) is 12.9. The van der Waals surface area contributed by atoms with Crippen molar-refractivity contribution in [1.29, 1.82) is 0 Å². The normalized spacial score (nSPS) is 16.9. The molecule has 0 saturated carbocycles. The van der Waals surface area contributed by atoms with Gasteiger partial charge in [-0.2, -0.15) is 0 Å². The van der Waals surface area contributed by atoms with Crippen LogP contribution in [0.25, 0.3) is 10.9 Å². The first-order valence-electron chi connectivity index (χ1n) is 7.80. The van der Waals surface area contributed by atoms with Gasteiger partial charge in [-0.25, -0.2) is 0 Å². The van der Waals surface area contributed by atoms with E-state index >= 15 is 0 Å². The van der Waals surface area contributed by atoms with Crippen LogP contribution in [0.1, 0.15) is 24.9 Å². The van der Waals surface area contributed by atoms with Gasteiger partial charge in [0, 0.05) is 30.4 Å². The topological polar surface area (TPSA) is 49.3 Å². The minimum Gasteiger partial charge on any atom is -0.313 e. The number of pyridine rings is 1. The second-order valence-corrected chi connectivity index (χ2v) is 5.58. The average Bonchev–Trinajstić information content (AvgIpc) is 2.59. The lowest BCUT2D eigenvalue weighted by atomic mass is 10.1. The highest BCUT2D eigenvalue weighted by atomic mass is 15.0. The Bertz CT molecular complexity index is 690. The van der Waals surface area contributed by atoms with Crippen molar-refractivity contribution in [2.45, 2.75) is 19.4 Å². The van der Waals surface area contributed by atoms with Gasteiger partial charge >= 0.3 is 0 Å². The third-order valence-corrected chi connectivity index (χ3v) is 3.97. The van der Waals surface area contributed by atoms with E-state index in [4.69, 9.17) is 0 Å². The van der Waals surface area contributed by atoms with Crippen LogP contribution in [0.2, 0.25) is 0 Å². The minimum atomic E-state index is 0.267. The van der Waals surface area contributed by atoms with Crippen molar-refractivity contribution in [3.05, 3.63) is 53.7 Å². The Labute approximate surface area is 131 Å². The SMILES string of the molecule is CC(NC/N=C/C1=CCNCC1)c1ccc2ncccc2c1. The lowest BCUT2D eigenvalue weighted by Gasteiger charge is -2.14. The average molecular weight is 294 g/mol. The van der Waals surface area contributed by atoms with Crippen LogP contribution in [0.3, 0.4) is 0 Å². The molecule has 2 aromatic rings. The van der Waals surface area contributed by atoms with Crippen molar-refractivity contribution in [3.63, 3.8) is 0 Å². The van der Waals surface area contributed by atoms with Crippen LogP contribution in [-0.4, -0.2) is 31.0 Å². The molecule has 3 rings (SSSR count). The summed E-state index contributed by atoms with van der Waals surface area (Å²) in [6.45, 7) is 4.80. The van der Waals surface area contributed by atoms with E-state index in [1.54, 1.807) is 0 Å². The maximum atomic E-state index is 4.48. The number of benzene rings is 1. The van der Waals surface area contributed by atoms with Crippen molar-refractivity contribution in [2.75, 3.05) is 19.8 Å². The molecule has 22 heavy (non-hydrogen) atoms. The summed E-state index contributed by atoms with van der Waals surface area (Å²) < 4.78 is 0. The number of aromatic nitrogens is 1. The molecule has 1 aliphatic heterocycles. The molecule has 0 spiro atoms. The van der Waals surface area contributed by atoms with E-state index in [2.05, 4.69) is 57.9 Å². The van der Waals surface area contributed by atoms with Crippen LogP contribution in [0.5, 0.6) is 0 Å². The van der Waals surface area contributed by atoms with Gasteiger partial charge in [0.1, 0.15) is 0 Å². The van der Waals surface area contributed by atoms with Gasteiger partial charge in [-0.15, -0.1) is 0 Å². The van der Waals surface area contributed by atoms with Crippen LogP contribution in [0, 0.1) is 0 Å². The molecule has 1 aliphatic rings. The Morgan fingerprint density at radius 3 is 3.23 bits per heavy atom. The van der Waals surface area contributed by atoms with Gasteiger partial charge in [-0.3, -0.25) is 15.3 Å². The summed E-state index contributed by atoms with van der Waals surface area (Å²) in [5.41, 5.74) is 3.62. The van der Waals surface area contributed by atoms with Crippen molar-refractivity contribution in [1.82, 2.24) is 15.6 Å². The fraction of sp³-hybridized carbons (Fsp3) is 0.333. The molecule has 0 radical (unpaired) electrons. The molecule has 0 fully saturated rings. The molecule has 0 amide bonds. The minimum absolute atomic E-state index is 0.267. The lowest BCUT2D eigenvalue weighted by molar-refractivity contribution is 0.590. The Hall–Kier alpha value is -2.04. The molecule has 1 aromatic heterocycles. The fourth-order valence-corrected chi connectivity index (χ4v) is 2.59. The van der Waals surface area contributed by atoms with Crippen LogP contribution >= 0.6 is 0 Å². The molecule has 1 atom stereocenters. The van der Waals surface area contributed by atoms with Gasteiger partial charge in [0.2, 0.25) is 0 Å². The van der Waals surface area contributed by atoms with Gasteiger partial charge in [-0.1, -0.05) is 18.2 Å². The van der Waals surface area contributed by atoms with Crippen LogP contribution in [0.4, 0.5) is 0 Å². The fourth-order valence-electron chi connectivity index (χ4n) is 2.59. The zero-order chi connectivity index (χ0) is 15.2. The molecular formula is C18H22N4. The Morgan fingerprint density at radius 2 is 2.36 bits per heavy atom. The quantitative estimate of drug-likeness (QED) is 0.834. The predicted octanol–water partition coefficient (Wildman–Crippen LogP) is 2.83. The van der Waals surface area contributed by atoms with Crippen molar-refractivity contribution >= 4 is 17.1 Å². The molecule has 0 saturated heterocycles. The number of rotatable bonds is 5. The zero-order valence-corrected chi connectivity index (χ0v) is 12.9. The molecule has 4 heteroatoms. The summed E-state index contributed by atoms with van der Waals surface area (Å²) in [5, 5.41) is 7.92. The number of hydrogen-bond acceptors (Lipinski definition) is 4. The summed E-state index contributed by atoms with van der Waals surface area (Å²) in [6, 6.07) is 10.7. The van der Waals surface area contributed by atoms with E-state index in [0.717, 1.165) is 25.0 Å². The van der Waals surface area contributed by atoms with E-state index in [1.807, 2.05) is 18.5 Å². The van der Waals surface area contributed by atoms with Crippen LogP contribution in [-0.2, 0) is 0 Å². The third kappa shape index (κ3) is 3.78. The number of fused-ring (bicyclic) bond motifs is 1. The molecular weight excluding hydrogens is 272 g/mol. The monoisotopic (exact) mass is 294 g/mol. The number of hydrogen-bond donors (Lipinski definition) is 2. The molecule has 1 aromatic carbocycles. The first-order chi connectivity index (χ1) is 10.8. The summed E-state index contributed by atoms with van der Waals surface area (Å²) in [6.07, 6.45) is 7.09. The molecule has 2 heterocycles. The lowest BCUT2D eigenvalue weighted by Crippen LogP contribution is -2.21. The standard InChI is InChI=1S/C18H22N4/c1-14(22-13-20-12-15-6-9-19-10-7-15)16-4-5-18-17(11-16)3-2-8-21-18/h2-6,8,11-12,14,19,22H,7,9-10,13H2,1H3/b20-12+. The number of aliphatic imine (C=N–C) groups is 1. The summed E-state index contributed by atoms with van der Waals surface area (Å²) in [5.74, 6) is 0. The summed E-state index contributed by atoms with van der Waals surface area (Å²) in [4.78, 5) is 8.83. The Morgan fingerprint density at radius 1 is 1.41 bits per heavy atom. The second-order valence-electron chi connectivity index (χ2n) is 5.58. The van der Waals surface area contributed by atoms with Gasteiger partial charge in [0.05, 0.1) is 12.2 Å². The highest BCUT2D eigenvalue weighted by Crippen LogP contribution is 2.18. The third-order valence-electron chi connectivity index (χ3n) is 3.97. The van der Waals surface area contributed by atoms with E-state index < -0.39 is 0 Å². The van der Waals surface area contributed by atoms with Crippen LogP contribution in [0.15, 0.2) is 53.2 Å². The largest absolute Gasteiger partial charge is 0.313 e. The van der Waals surface area contributed by atoms with Crippen LogP contribution < -0.4 is 10.6 Å². The van der Waals surface area contributed by atoms with Crippen molar-refractivity contribution in [2.24, 2.45) is 4.99 Å². The maximum Gasteiger partial charge on any atom is 0.0889 e. The number of nitrogens with zero attached hydrogens (tertiary/aromatic N) is 2. The summed E-state index contributed by atoms with van der Waals surface area (Å²) >= 11 is 0. The van der Waals surface area contributed by atoms with Gasteiger partial charge in [-0.05, 0) is 49.2 Å². The van der Waals surface area contributed by atoms with Crippen molar-refractivity contribution < 1.29 is 0 Å². The van der Waals surface area contributed by atoms with Crippen molar-refractivity contribution in [3.8, 4) is 0 Å². The highest BCUT2D eigenvalue weighted by Gasteiger charge is 2.05. The molecule has 0 bridgehead atoms. The Balaban J connectivity index is 1.57. The first-order valence-corrected chi connectivity index (χ1v) is 7.80. The first kappa shape index (κ1) is 14.9. The van der Waals surface area contributed by atoms with E-state index in [0.29, 0.717) is 6.67 Å². The molecule has 114 valence electrons. The predicted molar refractivity (Wildman–Crippen MR) is 92.2 cm³/mol. The highest BCUT2D eigenvalue weighted by molar-refractivity contribution is 5.79. The van der Waals surface area contributed by atoms with E-state index in [9.17, 15) is 0 Å².